The highest BCUT2D eigenvalue weighted by molar-refractivity contribution is 6.04. The maximum Gasteiger partial charge on any atom is 0.297 e. The number of fused-ring (bicyclic) bond motifs is 2. The van der Waals surface area contributed by atoms with E-state index in [1.54, 1.807) is 23.9 Å². The van der Waals surface area contributed by atoms with Gasteiger partial charge in [-0.2, -0.15) is 10.1 Å². The van der Waals surface area contributed by atoms with Crippen LogP contribution in [0.25, 0.3) is 32.9 Å². The average molecular weight is 649 g/mol. The summed E-state index contributed by atoms with van der Waals surface area (Å²) in [6.45, 7) is 3.55. The summed E-state index contributed by atoms with van der Waals surface area (Å²) < 4.78 is 42.4. The first-order chi connectivity index (χ1) is 23.5. The van der Waals surface area contributed by atoms with E-state index in [1.165, 1.54) is 0 Å². The topological polar surface area (TPSA) is 100 Å². The zero-order valence-electron chi connectivity index (χ0n) is 26.9. The summed E-state index contributed by atoms with van der Waals surface area (Å²) in [5.41, 5.74) is 5.11. The van der Waals surface area contributed by atoms with Crippen molar-refractivity contribution in [3.8, 4) is 35.2 Å². The number of ether oxygens (including phenoxy) is 4. The molecule has 0 radical (unpaired) electrons. The van der Waals surface area contributed by atoms with Crippen LogP contribution in [0.1, 0.15) is 79.3 Å². The number of hydrogen-bond donors (Lipinski definition) is 1. The normalized spacial score (nSPS) is 19.5. The van der Waals surface area contributed by atoms with Gasteiger partial charge in [-0.05, 0) is 92.7 Å². The largest absolute Gasteiger partial charge is 0.486 e. The fourth-order valence-electron chi connectivity index (χ4n) is 6.96. The van der Waals surface area contributed by atoms with E-state index in [0.29, 0.717) is 46.5 Å². The molecular formula is C38H37FN4O5. The smallest absolute Gasteiger partial charge is 0.297 e. The Bertz CT molecular complexity index is 2100. The molecule has 1 aliphatic carbocycles. The van der Waals surface area contributed by atoms with Gasteiger partial charge < -0.3 is 18.9 Å². The average Bonchev–Trinajstić information content (AvgIpc) is 3.66. The van der Waals surface area contributed by atoms with Gasteiger partial charge >= 0.3 is 0 Å². The quantitative estimate of drug-likeness (QED) is 0.171. The van der Waals surface area contributed by atoms with Gasteiger partial charge in [-0.3, -0.25) is 9.78 Å². The standard InChI is InChI=1S/C38H37FN4O5/c1-3-23-9-11-24(12-10-23)20-47-36-34(33-22(2)30(39)18-31-29(33)19-40-43(31)32-8-4-5-15-46-32)27(25-13-14-25)17-28-35(36)41-38(42-37(28)44)48-21-26-7-6-16-45-26/h1,9-12,17-19,25-26,32H,4-8,13-16,20-21H2,2H3,(H,41,42,44)/t26-,32?/m1/s1. The minimum Gasteiger partial charge on any atom is -0.486 e. The van der Waals surface area contributed by atoms with Crippen molar-refractivity contribution in [3.63, 3.8) is 0 Å². The van der Waals surface area contributed by atoms with Crippen LogP contribution in [0.4, 0.5) is 4.39 Å². The van der Waals surface area contributed by atoms with Gasteiger partial charge in [0.25, 0.3) is 11.6 Å². The maximum absolute atomic E-state index is 16.1. The molecule has 10 heteroatoms. The minimum absolute atomic E-state index is 0.0617. The number of halogens is 1. The van der Waals surface area contributed by atoms with Gasteiger partial charge in [0.05, 0.1) is 23.2 Å². The summed E-state index contributed by atoms with van der Waals surface area (Å²) >= 11 is 0. The van der Waals surface area contributed by atoms with Gasteiger partial charge in [-0.15, -0.1) is 6.42 Å². The van der Waals surface area contributed by atoms with E-state index in [9.17, 15) is 4.79 Å². The zero-order valence-corrected chi connectivity index (χ0v) is 26.9. The molecule has 2 aliphatic heterocycles. The molecule has 9 nitrogen and oxygen atoms in total. The predicted octanol–water partition coefficient (Wildman–Crippen LogP) is 7.08. The predicted molar refractivity (Wildman–Crippen MR) is 180 cm³/mol. The number of nitrogens with one attached hydrogen (secondary N) is 1. The van der Waals surface area contributed by atoms with Crippen molar-refractivity contribution < 1.29 is 23.3 Å². The van der Waals surface area contributed by atoms with Crippen LogP contribution in [0.5, 0.6) is 11.8 Å². The summed E-state index contributed by atoms with van der Waals surface area (Å²) in [4.78, 5) is 21.3. The SMILES string of the molecule is C#Cc1ccc(COc2c(-c3c(C)c(F)cc4c3cnn4C3CCCCO3)c(C3CC3)cc3c(=O)[nH]c(OC[C@H]4CCCO4)nc23)cc1. The number of benzene rings is 3. The van der Waals surface area contributed by atoms with Crippen molar-refractivity contribution in [2.75, 3.05) is 19.8 Å². The van der Waals surface area contributed by atoms with E-state index < -0.39 is 0 Å². The molecule has 1 saturated carbocycles. The Hall–Kier alpha value is -4.72. The van der Waals surface area contributed by atoms with Crippen LogP contribution < -0.4 is 15.0 Å². The first-order valence-corrected chi connectivity index (χ1v) is 16.8. The van der Waals surface area contributed by atoms with Gasteiger partial charge in [0, 0.05) is 41.4 Å². The minimum atomic E-state index is -0.354. The van der Waals surface area contributed by atoms with Crippen LogP contribution in [-0.2, 0) is 16.1 Å². The Morgan fingerprint density at radius 2 is 1.85 bits per heavy atom. The highest BCUT2D eigenvalue weighted by Crippen LogP contribution is 2.52. The van der Waals surface area contributed by atoms with Gasteiger partial charge in [0.1, 0.15) is 24.5 Å². The first kappa shape index (κ1) is 30.6. The maximum atomic E-state index is 16.1. The van der Waals surface area contributed by atoms with Crippen molar-refractivity contribution in [1.82, 2.24) is 19.7 Å². The van der Waals surface area contributed by atoms with Crippen molar-refractivity contribution in [1.29, 1.82) is 0 Å². The van der Waals surface area contributed by atoms with E-state index in [2.05, 4.69) is 10.9 Å². The fraction of sp³-hybridized carbons (Fsp3) is 0.395. The summed E-state index contributed by atoms with van der Waals surface area (Å²) in [5.74, 6) is 2.88. The Kier molecular flexibility index (Phi) is 8.11. The van der Waals surface area contributed by atoms with Crippen LogP contribution in [0, 0.1) is 25.1 Å². The zero-order chi connectivity index (χ0) is 32.8. The molecule has 2 saturated heterocycles. The Balaban J connectivity index is 1.34. The summed E-state index contributed by atoms with van der Waals surface area (Å²) in [7, 11) is 0. The number of hydrogen-bond acceptors (Lipinski definition) is 7. The lowest BCUT2D eigenvalue weighted by molar-refractivity contribution is -0.0366. The molecule has 3 aliphatic rings. The number of aromatic nitrogens is 4. The number of H-pyrrole nitrogens is 1. The third-order valence-corrected chi connectivity index (χ3v) is 9.69. The van der Waals surface area contributed by atoms with E-state index in [4.69, 9.17) is 35.5 Å². The third kappa shape index (κ3) is 5.71. The molecular weight excluding hydrogens is 611 g/mol. The lowest BCUT2D eigenvalue weighted by atomic mass is 9.89. The van der Waals surface area contributed by atoms with E-state index in [-0.39, 0.29) is 48.9 Å². The Morgan fingerprint density at radius 3 is 2.58 bits per heavy atom. The lowest BCUT2D eigenvalue weighted by Gasteiger charge is -2.24. The molecule has 1 N–H and O–H groups in total. The van der Waals surface area contributed by atoms with Crippen molar-refractivity contribution in [2.45, 2.75) is 76.7 Å². The summed E-state index contributed by atoms with van der Waals surface area (Å²) in [5, 5.41) is 5.91. The van der Waals surface area contributed by atoms with E-state index in [0.717, 1.165) is 72.6 Å². The molecule has 0 spiro atoms. The van der Waals surface area contributed by atoms with Crippen LogP contribution in [-0.4, -0.2) is 45.7 Å². The van der Waals surface area contributed by atoms with Gasteiger partial charge in [0.15, 0.2) is 12.0 Å². The molecule has 8 rings (SSSR count). The molecule has 246 valence electrons. The number of rotatable bonds is 9. The molecule has 4 heterocycles. The second kappa shape index (κ2) is 12.7. The molecule has 2 atom stereocenters. The fourth-order valence-corrected chi connectivity index (χ4v) is 6.96. The van der Waals surface area contributed by atoms with Gasteiger partial charge in [-0.25, -0.2) is 9.07 Å². The molecule has 0 bridgehead atoms. The molecule has 48 heavy (non-hydrogen) atoms. The molecule has 5 aromatic rings. The Labute approximate surface area is 277 Å². The van der Waals surface area contributed by atoms with E-state index >= 15 is 4.39 Å². The highest BCUT2D eigenvalue weighted by Gasteiger charge is 2.33. The second-order valence-corrected chi connectivity index (χ2v) is 13.0. The van der Waals surface area contributed by atoms with Crippen molar-refractivity contribution >= 4 is 21.8 Å². The Morgan fingerprint density at radius 1 is 1.02 bits per heavy atom. The van der Waals surface area contributed by atoms with Crippen LogP contribution >= 0.6 is 0 Å². The number of nitrogens with zero attached hydrogens (tertiary/aromatic N) is 3. The van der Waals surface area contributed by atoms with Crippen LogP contribution in [0.2, 0.25) is 0 Å². The molecule has 0 amide bonds. The molecule has 3 fully saturated rings. The number of terminal acetylenes is 1. The van der Waals surface area contributed by atoms with Crippen molar-refractivity contribution in [2.24, 2.45) is 0 Å². The van der Waals surface area contributed by atoms with Crippen LogP contribution in [0.3, 0.4) is 0 Å². The van der Waals surface area contributed by atoms with Gasteiger partial charge in [0.2, 0.25) is 0 Å². The second-order valence-electron chi connectivity index (χ2n) is 13.0. The molecule has 1 unspecified atom stereocenters. The third-order valence-electron chi connectivity index (χ3n) is 9.69. The highest BCUT2D eigenvalue weighted by atomic mass is 19.1. The monoisotopic (exact) mass is 648 g/mol. The van der Waals surface area contributed by atoms with Crippen LogP contribution in [0.15, 0.2) is 47.4 Å². The summed E-state index contributed by atoms with van der Waals surface area (Å²) in [6, 6.07) is 11.1. The van der Waals surface area contributed by atoms with Crippen molar-refractivity contribution in [3.05, 3.63) is 81.0 Å². The molecule has 3 aromatic carbocycles. The first-order valence-electron chi connectivity index (χ1n) is 16.8. The molecule has 2 aromatic heterocycles. The summed E-state index contributed by atoms with van der Waals surface area (Å²) in [6.07, 6.45) is 13.6. The van der Waals surface area contributed by atoms with E-state index in [1.807, 2.05) is 30.3 Å². The lowest BCUT2D eigenvalue weighted by Crippen LogP contribution is -2.20. The number of aromatic amines is 1. The van der Waals surface area contributed by atoms with Gasteiger partial charge in [-0.1, -0.05) is 18.1 Å².